The summed E-state index contributed by atoms with van der Waals surface area (Å²) in [5.74, 6) is 0.943. The molecule has 1 aliphatic heterocycles. The molecule has 0 atom stereocenters. The molecule has 0 radical (unpaired) electrons. The maximum atomic E-state index is 5.97. The van der Waals surface area contributed by atoms with Gasteiger partial charge in [0.1, 0.15) is 12.4 Å². The minimum Gasteiger partial charge on any atom is -0.487 e. The summed E-state index contributed by atoms with van der Waals surface area (Å²) in [5.41, 5.74) is 2.26. The number of aromatic nitrogens is 2. The van der Waals surface area contributed by atoms with Gasteiger partial charge in [0.15, 0.2) is 0 Å². The van der Waals surface area contributed by atoms with Crippen LogP contribution in [-0.2, 0) is 13.7 Å². The van der Waals surface area contributed by atoms with Gasteiger partial charge in [-0.2, -0.15) is 5.10 Å². The number of hydrogen-bond acceptors (Lipinski definition) is 4. The third-order valence-electron chi connectivity index (χ3n) is 3.48. The molecule has 1 aliphatic rings. The zero-order valence-corrected chi connectivity index (χ0v) is 11.7. The Morgan fingerprint density at radius 3 is 2.80 bits per heavy atom. The first kappa shape index (κ1) is 13.0. The van der Waals surface area contributed by atoms with E-state index in [4.69, 9.17) is 4.74 Å². The van der Waals surface area contributed by atoms with E-state index in [-0.39, 0.29) is 0 Å². The lowest BCUT2D eigenvalue weighted by molar-refractivity contribution is 0.306. The third kappa shape index (κ3) is 2.93. The van der Waals surface area contributed by atoms with Crippen LogP contribution in [0.2, 0.25) is 0 Å². The van der Waals surface area contributed by atoms with Crippen molar-refractivity contribution in [1.82, 2.24) is 15.1 Å². The average molecular weight is 272 g/mol. The maximum Gasteiger partial charge on any atom is 0.143 e. The number of rotatable bonds is 4. The van der Waals surface area contributed by atoms with Gasteiger partial charge in [-0.15, -0.1) is 0 Å². The van der Waals surface area contributed by atoms with Crippen LogP contribution in [0.3, 0.4) is 0 Å². The molecule has 5 heteroatoms. The minimum atomic E-state index is 0.553. The quantitative estimate of drug-likeness (QED) is 0.914. The Bertz CT molecular complexity index is 561. The normalized spacial score (nSPS) is 15.3. The van der Waals surface area contributed by atoms with Crippen molar-refractivity contribution in [3.05, 3.63) is 42.2 Å². The molecule has 0 amide bonds. The maximum absolute atomic E-state index is 5.97. The SMILES string of the molecule is Cn1cc(COc2ccccc2N2CCNCC2)cn1. The number of nitrogens with zero attached hydrogens (tertiary/aromatic N) is 3. The van der Waals surface area contributed by atoms with E-state index in [0.29, 0.717) is 6.61 Å². The van der Waals surface area contributed by atoms with E-state index >= 15 is 0 Å². The molecule has 20 heavy (non-hydrogen) atoms. The first-order chi connectivity index (χ1) is 9.83. The second-order valence-corrected chi connectivity index (χ2v) is 5.02. The molecule has 1 fully saturated rings. The highest BCUT2D eigenvalue weighted by Crippen LogP contribution is 2.28. The van der Waals surface area contributed by atoms with E-state index in [9.17, 15) is 0 Å². The van der Waals surface area contributed by atoms with Crippen molar-refractivity contribution in [1.29, 1.82) is 0 Å². The zero-order chi connectivity index (χ0) is 13.8. The molecule has 1 saturated heterocycles. The van der Waals surface area contributed by atoms with Gasteiger partial charge >= 0.3 is 0 Å². The summed E-state index contributed by atoms with van der Waals surface area (Å²) >= 11 is 0. The highest BCUT2D eigenvalue weighted by Gasteiger charge is 2.14. The van der Waals surface area contributed by atoms with Crippen molar-refractivity contribution in [2.75, 3.05) is 31.1 Å². The van der Waals surface area contributed by atoms with Crippen LogP contribution in [0.15, 0.2) is 36.7 Å². The predicted molar refractivity (Wildman–Crippen MR) is 79.1 cm³/mol. The first-order valence-corrected chi connectivity index (χ1v) is 6.98. The Labute approximate surface area is 119 Å². The van der Waals surface area contributed by atoms with Crippen LogP contribution in [0.25, 0.3) is 0 Å². The van der Waals surface area contributed by atoms with Crippen molar-refractivity contribution in [2.24, 2.45) is 7.05 Å². The van der Waals surface area contributed by atoms with Crippen molar-refractivity contribution in [3.63, 3.8) is 0 Å². The highest BCUT2D eigenvalue weighted by molar-refractivity contribution is 5.58. The lowest BCUT2D eigenvalue weighted by atomic mass is 10.2. The molecule has 0 bridgehead atoms. The predicted octanol–water partition coefficient (Wildman–Crippen LogP) is 1.41. The lowest BCUT2D eigenvalue weighted by Gasteiger charge is -2.30. The largest absolute Gasteiger partial charge is 0.487 e. The molecule has 106 valence electrons. The molecular formula is C15H20N4O. The Balaban J connectivity index is 1.72. The Morgan fingerprint density at radius 1 is 1.25 bits per heavy atom. The van der Waals surface area contributed by atoms with E-state index in [0.717, 1.165) is 37.5 Å². The van der Waals surface area contributed by atoms with Crippen molar-refractivity contribution in [2.45, 2.75) is 6.61 Å². The van der Waals surface area contributed by atoms with Crippen molar-refractivity contribution < 1.29 is 4.74 Å². The molecule has 1 aromatic carbocycles. The number of piperazine rings is 1. The second-order valence-electron chi connectivity index (χ2n) is 5.02. The van der Waals surface area contributed by atoms with E-state index < -0.39 is 0 Å². The Kier molecular flexibility index (Phi) is 3.87. The lowest BCUT2D eigenvalue weighted by Crippen LogP contribution is -2.43. The fourth-order valence-corrected chi connectivity index (χ4v) is 2.45. The average Bonchev–Trinajstić information content (AvgIpc) is 2.92. The number of hydrogen-bond donors (Lipinski definition) is 1. The van der Waals surface area contributed by atoms with Gasteiger partial charge in [-0.05, 0) is 12.1 Å². The highest BCUT2D eigenvalue weighted by atomic mass is 16.5. The molecule has 2 aromatic rings. The number of nitrogens with one attached hydrogen (secondary N) is 1. The molecule has 2 heterocycles. The van der Waals surface area contributed by atoms with Crippen molar-refractivity contribution >= 4 is 5.69 Å². The van der Waals surface area contributed by atoms with Gasteiger partial charge in [0.25, 0.3) is 0 Å². The van der Waals surface area contributed by atoms with Crippen LogP contribution in [0, 0.1) is 0 Å². The summed E-state index contributed by atoms with van der Waals surface area (Å²) in [6.07, 6.45) is 3.82. The van der Waals surface area contributed by atoms with Gasteiger partial charge in [0.2, 0.25) is 0 Å². The Hall–Kier alpha value is -2.01. The monoisotopic (exact) mass is 272 g/mol. The molecule has 0 aliphatic carbocycles. The fourth-order valence-electron chi connectivity index (χ4n) is 2.45. The smallest absolute Gasteiger partial charge is 0.143 e. The summed E-state index contributed by atoms with van der Waals surface area (Å²) < 4.78 is 7.77. The molecule has 1 aromatic heterocycles. The van der Waals surface area contributed by atoms with E-state index in [1.807, 2.05) is 31.6 Å². The summed E-state index contributed by atoms with van der Waals surface area (Å²) in [4.78, 5) is 2.37. The van der Waals surface area contributed by atoms with Crippen LogP contribution in [0.1, 0.15) is 5.56 Å². The van der Waals surface area contributed by atoms with Gasteiger partial charge < -0.3 is 15.0 Å². The summed E-state index contributed by atoms with van der Waals surface area (Å²) in [6.45, 7) is 4.64. The summed E-state index contributed by atoms with van der Waals surface area (Å²) in [5, 5.41) is 7.53. The van der Waals surface area contributed by atoms with Gasteiger partial charge in [-0.3, -0.25) is 4.68 Å². The van der Waals surface area contributed by atoms with Gasteiger partial charge in [-0.25, -0.2) is 0 Å². The standard InChI is InChI=1S/C15H20N4O/c1-18-11-13(10-17-18)12-20-15-5-3-2-4-14(15)19-8-6-16-7-9-19/h2-5,10-11,16H,6-9,12H2,1H3. The number of benzene rings is 1. The van der Waals surface area contributed by atoms with E-state index in [1.54, 1.807) is 4.68 Å². The van der Waals surface area contributed by atoms with E-state index in [2.05, 4.69) is 27.4 Å². The van der Waals surface area contributed by atoms with Gasteiger partial charge in [0, 0.05) is 45.0 Å². The first-order valence-electron chi connectivity index (χ1n) is 6.98. The summed E-state index contributed by atoms with van der Waals surface area (Å²) in [6, 6.07) is 8.25. The molecule has 0 spiro atoms. The molecule has 3 rings (SSSR count). The molecule has 1 N–H and O–H groups in total. The van der Waals surface area contributed by atoms with Crippen molar-refractivity contribution in [3.8, 4) is 5.75 Å². The van der Waals surface area contributed by atoms with E-state index in [1.165, 1.54) is 5.69 Å². The van der Waals surface area contributed by atoms with Gasteiger partial charge in [0.05, 0.1) is 11.9 Å². The van der Waals surface area contributed by atoms with Crippen LogP contribution in [-0.4, -0.2) is 36.0 Å². The minimum absolute atomic E-state index is 0.553. The number of para-hydroxylation sites is 2. The second kappa shape index (κ2) is 5.96. The summed E-state index contributed by atoms with van der Waals surface area (Å²) in [7, 11) is 1.91. The van der Waals surface area contributed by atoms with Crippen LogP contribution >= 0.6 is 0 Å². The van der Waals surface area contributed by atoms with Crippen LogP contribution < -0.4 is 15.0 Å². The Morgan fingerprint density at radius 2 is 2.05 bits per heavy atom. The topological polar surface area (TPSA) is 42.3 Å². The molecule has 0 unspecified atom stereocenters. The number of aryl methyl sites for hydroxylation is 1. The molecular weight excluding hydrogens is 252 g/mol. The molecule has 5 nitrogen and oxygen atoms in total. The number of ether oxygens (including phenoxy) is 1. The third-order valence-corrected chi connectivity index (χ3v) is 3.48. The van der Waals surface area contributed by atoms with Crippen LogP contribution in [0.5, 0.6) is 5.75 Å². The zero-order valence-electron chi connectivity index (χ0n) is 11.7. The van der Waals surface area contributed by atoms with Gasteiger partial charge in [-0.1, -0.05) is 12.1 Å². The number of anilines is 1. The molecule has 0 saturated carbocycles. The fraction of sp³-hybridized carbons (Fsp3) is 0.400. The van der Waals surface area contributed by atoms with Crippen LogP contribution in [0.4, 0.5) is 5.69 Å².